The van der Waals surface area contributed by atoms with E-state index < -0.39 is 0 Å². The maximum Gasteiger partial charge on any atom is 0.263 e. The molecule has 1 N–H and O–H groups in total. The Hall–Kier alpha value is -3.29. The highest BCUT2D eigenvalue weighted by Gasteiger charge is 2.23. The number of Topliss-reactive ketones (excluding diaryl/α,β-unsaturated/α-hetero) is 1. The van der Waals surface area contributed by atoms with Crippen LogP contribution in [0.5, 0.6) is 0 Å². The van der Waals surface area contributed by atoms with Crippen LogP contribution in [0.4, 0.5) is 17.5 Å². The predicted molar refractivity (Wildman–Crippen MR) is 113 cm³/mol. The van der Waals surface area contributed by atoms with Gasteiger partial charge in [-0.25, -0.2) is 9.97 Å². The Morgan fingerprint density at radius 2 is 1.93 bits per heavy atom. The summed E-state index contributed by atoms with van der Waals surface area (Å²) in [6.07, 6.45) is 7.38. The minimum Gasteiger partial charge on any atom is -0.376 e. The summed E-state index contributed by atoms with van der Waals surface area (Å²) in [4.78, 5) is 40.3. The summed E-state index contributed by atoms with van der Waals surface area (Å²) in [6, 6.07) is 5.46. The monoisotopic (exact) mass is 392 g/mol. The molecule has 0 amide bonds. The van der Waals surface area contributed by atoms with Gasteiger partial charge in [0, 0.05) is 31.7 Å². The van der Waals surface area contributed by atoms with Gasteiger partial charge in [-0.15, -0.1) is 0 Å². The molecule has 29 heavy (non-hydrogen) atoms. The fourth-order valence-corrected chi connectivity index (χ4v) is 3.77. The number of carbonyl (C=O) groups excluding carboxylic acids is 1. The molecule has 3 aromatic heterocycles. The number of ketones is 1. The molecule has 0 spiro atoms. The van der Waals surface area contributed by atoms with E-state index >= 15 is 0 Å². The lowest BCUT2D eigenvalue weighted by Crippen LogP contribution is -2.29. The molecule has 0 aliphatic heterocycles. The van der Waals surface area contributed by atoms with Gasteiger partial charge in [0.1, 0.15) is 11.5 Å². The third-order valence-corrected chi connectivity index (χ3v) is 5.35. The van der Waals surface area contributed by atoms with Gasteiger partial charge in [-0.2, -0.15) is 4.98 Å². The normalized spacial score (nSPS) is 14.3. The van der Waals surface area contributed by atoms with E-state index in [0.29, 0.717) is 22.8 Å². The number of hydrogen-bond donors (Lipinski definition) is 1. The van der Waals surface area contributed by atoms with Crippen molar-refractivity contribution < 1.29 is 4.79 Å². The number of hydrogen-bond acceptors (Lipinski definition) is 7. The van der Waals surface area contributed by atoms with Gasteiger partial charge in [-0.3, -0.25) is 14.2 Å². The molecule has 0 atom stereocenters. The standard InChI is InChI=1S/C21H24N6O2/c1-13(28)17-10-14-11-23-21(24-18-9-8-16(12-22-18)26(2)3)25-19(14)27(20(17)29)15-6-4-5-7-15/h8-12,15H,4-7H2,1-3H3,(H,22,23,24,25). The second-order valence-corrected chi connectivity index (χ2v) is 7.62. The molecule has 0 bridgehead atoms. The lowest BCUT2D eigenvalue weighted by Gasteiger charge is -2.17. The lowest BCUT2D eigenvalue weighted by atomic mass is 10.1. The molecule has 0 radical (unpaired) electrons. The number of nitrogens with zero attached hydrogens (tertiary/aromatic N) is 5. The molecule has 4 rings (SSSR count). The first kappa shape index (κ1) is 19.0. The van der Waals surface area contributed by atoms with E-state index in [9.17, 15) is 9.59 Å². The average Bonchev–Trinajstić information content (AvgIpc) is 3.22. The number of nitrogens with one attached hydrogen (secondary N) is 1. The van der Waals surface area contributed by atoms with Gasteiger partial charge in [-0.1, -0.05) is 12.8 Å². The van der Waals surface area contributed by atoms with Gasteiger partial charge in [0.05, 0.1) is 17.4 Å². The van der Waals surface area contributed by atoms with Crippen LogP contribution < -0.4 is 15.8 Å². The number of carbonyl (C=O) groups is 1. The Morgan fingerprint density at radius 3 is 2.55 bits per heavy atom. The van der Waals surface area contributed by atoms with Gasteiger partial charge in [0.25, 0.3) is 5.56 Å². The average molecular weight is 392 g/mol. The van der Waals surface area contributed by atoms with E-state index in [2.05, 4.69) is 20.3 Å². The van der Waals surface area contributed by atoms with Crippen molar-refractivity contribution in [2.45, 2.75) is 38.6 Å². The van der Waals surface area contributed by atoms with Crippen molar-refractivity contribution >= 4 is 34.3 Å². The Labute approximate surface area is 168 Å². The summed E-state index contributed by atoms with van der Waals surface area (Å²) < 4.78 is 1.69. The number of fused-ring (bicyclic) bond motifs is 1. The minimum absolute atomic E-state index is 0.0598. The third-order valence-electron chi connectivity index (χ3n) is 5.35. The molecule has 3 heterocycles. The Kier molecular flexibility index (Phi) is 5.00. The molecule has 1 fully saturated rings. The predicted octanol–water partition coefficient (Wildman–Crippen LogP) is 3.31. The molecule has 1 aliphatic carbocycles. The summed E-state index contributed by atoms with van der Waals surface area (Å²) in [6.45, 7) is 1.42. The smallest absolute Gasteiger partial charge is 0.263 e. The van der Waals surface area contributed by atoms with Gasteiger partial charge >= 0.3 is 0 Å². The molecule has 1 saturated carbocycles. The van der Waals surface area contributed by atoms with Crippen molar-refractivity contribution in [1.82, 2.24) is 19.5 Å². The van der Waals surface area contributed by atoms with Crippen LogP contribution in [0.25, 0.3) is 11.0 Å². The number of aromatic nitrogens is 4. The van der Waals surface area contributed by atoms with Crippen molar-refractivity contribution in [2.75, 3.05) is 24.3 Å². The summed E-state index contributed by atoms with van der Waals surface area (Å²) in [7, 11) is 3.91. The summed E-state index contributed by atoms with van der Waals surface area (Å²) in [5.74, 6) is 0.741. The second-order valence-electron chi connectivity index (χ2n) is 7.62. The van der Waals surface area contributed by atoms with Crippen LogP contribution in [0, 0.1) is 0 Å². The molecule has 0 saturated heterocycles. The van der Waals surface area contributed by atoms with Crippen molar-refractivity contribution in [3.63, 3.8) is 0 Å². The third kappa shape index (κ3) is 3.70. The van der Waals surface area contributed by atoms with Gasteiger partial charge < -0.3 is 10.2 Å². The lowest BCUT2D eigenvalue weighted by molar-refractivity contribution is 0.101. The molecule has 8 nitrogen and oxygen atoms in total. The molecule has 8 heteroatoms. The topological polar surface area (TPSA) is 93.0 Å². The molecule has 0 unspecified atom stereocenters. The highest BCUT2D eigenvalue weighted by molar-refractivity contribution is 5.96. The molecular formula is C21H24N6O2. The second kappa shape index (κ2) is 7.62. The zero-order chi connectivity index (χ0) is 20.5. The van der Waals surface area contributed by atoms with Crippen molar-refractivity contribution in [1.29, 1.82) is 0 Å². The Morgan fingerprint density at radius 1 is 1.17 bits per heavy atom. The van der Waals surface area contributed by atoms with Gasteiger partial charge in [-0.05, 0) is 38.0 Å². The van der Waals surface area contributed by atoms with E-state index in [0.717, 1.165) is 31.4 Å². The van der Waals surface area contributed by atoms with Crippen molar-refractivity contribution in [3.8, 4) is 0 Å². The zero-order valence-electron chi connectivity index (χ0n) is 16.8. The quantitative estimate of drug-likeness (QED) is 0.666. The van der Waals surface area contributed by atoms with Crippen LogP contribution >= 0.6 is 0 Å². The van der Waals surface area contributed by atoms with E-state index in [1.807, 2.05) is 31.1 Å². The maximum atomic E-state index is 13.0. The summed E-state index contributed by atoms with van der Waals surface area (Å²) in [5.41, 5.74) is 1.46. The highest BCUT2D eigenvalue weighted by Crippen LogP contribution is 2.31. The number of rotatable bonds is 5. The molecule has 1 aliphatic rings. The van der Waals surface area contributed by atoms with E-state index in [4.69, 9.17) is 0 Å². The Balaban J connectivity index is 1.78. The zero-order valence-corrected chi connectivity index (χ0v) is 16.8. The summed E-state index contributed by atoms with van der Waals surface area (Å²) >= 11 is 0. The number of pyridine rings is 2. The molecule has 3 aromatic rings. The first-order valence-electron chi connectivity index (χ1n) is 9.77. The van der Waals surface area contributed by atoms with Crippen LogP contribution in [0.15, 0.2) is 35.4 Å². The Bertz CT molecular complexity index is 1110. The maximum absolute atomic E-state index is 13.0. The highest BCUT2D eigenvalue weighted by atomic mass is 16.1. The SMILES string of the molecule is CC(=O)c1cc2cnc(Nc3ccc(N(C)C)cn3)nc2n(C2CCCC2)c1=O. The first-order valence-corrected chi connectivity index (χ1v) is 9.77. The summed E-state index contributed by atoms with van der Waals surface area (Å²) in [5, 5.41) is 3.79. The molecule has 150 valence electrons. The van der Waals surface area contributed by atoms with Crippen molar-refractivity contribution in [3.05, 3.63) is 46.5 Å². The van der Waals surface area contributed by atoms with E-state index in [-0.39, 0.29) is 22.9 Å². The fourth-order valence-electron chi connectivity index (χ4n) is 3.77. The van der Waals surface area contributed by atoms with Crippen LogP contribution in [0.2, 0.25) is 0 Å². The van der Waals surface area contributed by atoms with Crippen molar-refractivity contribution in [2.24, 2.45) is 0 Å². The van der Waals surface area contributed by atoms with Gasteiger partial charge in [0.2, 0.25) is 5.95 Å². The van der Waals surface area contributed by atoms with Crippen LogP contribution in [0.3, 0.4) is 0 Å². The number of anilines is 3. The van der Waals surface area contributed by atoms with Crippen LogP contribution in [-0.4, -0.2) is 39.4 Å². The first-order chi connectivity index (χ1) is 13.9. The van der Waals surface area contributed by atoms with Crippen LogP contribution in [0.1, 0.15) is 49.0 Å². The molecule has 0 aromatic carbocycles. The molecular weight excluding hydrogens is 368 g/mol. The van der Waals surface area contributed by atoms with Gasteiger partial charge in [0.15, 0.2) is 5.78 Å². The van der Waals surface area contributed by atoms with E-state index in [1.165, 1.54) is 6.92 Å². The van der Waals surface area contributed by atoms with E-state index in [1.54, 1.807) is 23.0 Å². The fraction of sp³-hybridized carbons (Fsp3) is 0.381. The largest absolute Gasteiger partial charge is 0.376 e. The van der Waals surface area contributed by atoms with Crippen LogP contribution in [-0.2, 0) is 0 Å². The minimum atomic E-state index is -0.269.